The zero-order valence-corrected chi connectivity index (χ0v) is 14.0. The van der Waals surface area contributed by atoms with Crippen LogP contribution in [0.1, 0.15) is 32.3 Å². The van der Waals surface area contributed by atoms with E-state index in [0.29, 0.717) is 5.56 Å². The number of halogens is 1. The molecule has 25 heavy (non-hydrogen) atoms. The number of carbonyl (C=O) groups is 4. The summed E-state index contributed by atoms with van der Waals surface area (Å²) in [5.41, 5.74) is 0.603. The van der Waals surface area contributed by atoms with Crippen LogP contribution in [0.3, 0.4) is 0 Å². The number of rotatable bonds is 9. The van der Waals surface area contributed by atoms with Crippen molar-refractivity contribution in [3.05, 3.63) is 35.6 Å². The van der Waals surface area contributed by atoms with E-state index in [4.69, 9.17) is 5.11 Å². The first-order valence-electron chi connectivity index (χ1n) is 7.73. The van der Waals surface area contributed by atoms with Gasteiger partial charge in [-0.15, -0.1) is 0 Å². The molecule has 1 aromatic carbocycles. The topological polar surface area (TPSA) is 113 Å². The second kappa shape index (κ2) is 9.51. The van der Waals surface area contributed by atoms with E-state index in [0.717, 1.165) is 0 Å². The molecule has 0 saturated heterocycles. The van der Waals surface area contributed by atoms with E-state index >= 15 is 0 Å². The average Bonchev–Trinajstić information content (AvgIpc) is 2.51. The fraction of sp³-hybridized carbons (Fsp3) is 0.412. The average molecular weight is 352 g/mol. The van der Waals surface area contributed by atoms with Gasteiger partial charge in [0.1, 0.15) is 23.7 Å². The summed E-state index contributed by atoms with van der Waals surface area (Å²) in [7, 11) is 0. The van der Waals surface area contributed by atoms with E-state index in [1.54, 1.807) is 0 Å². The number of carboxylic acids is 1. The van der Waals surface area contributed by atoms with Crippen LogP contribution < -0.4 is 10.6 Å². The molecule has 0 saturated carbocycles. The van der Waals surface area contributed by atoms with Crippen LogP contribution in [0.4, 0.5) is 4.39 Å². The molecule has 7 nitrogen and oxygen atoms in total. The maximum atomic E-state index is 13.0. The van der Waals surface area contributed by atoms with Crippen molar-refractivity contribution in [3.63, 3.8) is 0 Å². The van der Waals surface area contributed by atoms with E-state index in [2.05, 4.69) is 10.6 Å². The number of benzene rings is 1. The molecule has 0 aliphatic rings. The molecular formula is C17H21FN2O5. The standard InChI is InChI=1S/C17H21FN2O5/c1-10(21)3-8-14(17(24)25)20-16(23)15(19-11(2)22)9-12-4-6-13(18)7-5-12/h4-7,14-15H,3,8-9H2,1-2H3,(H,19,22)(H,20,23)(H,24,25)/t14-,15+/m0/s1. The first-order valence-corrected chi connectivity index (χ1v) is 7.73. The quantitative estimate of drug-likeness (QED) is 0.609. The van der Waals surface area contributed by atoms with E-state index in [1.165, 1.54) is 38.1 Å². The van der Waals surface area contributed by atoms with Crippen LogP contribution in [0, 0.1) is 5.82 Å². The summed E-state index contributed by atoms with van der Waals surface area (Å²) in [5.74, 6) is -3.03. The van der Waals surface area contributed by atoms with Gasteiger partial charge in [-0.3, -0.25) is 9.59 Å². The number of ketones is 1. The minimum Gasteiger partial charge on any atom is -0.480 e. The van der Waals surface area contributed by atoms with Crippen molar-refractivity contribution < 1.29 is 28.7 Å². The van der Waals surface area contributed by atoms with Gasteiger partial charge in [-0.1, -0.05) is 12.1 Å². The van der Waals surface area contributed by atoms with E-state index in [9.17, 15) is 23.6 Å². The van der Waals surface area contributed by atoms with Crippen LogP contribution in [-0.4, -0.2) is 40.8 Å². The first-order chi connectivity index (χ1) is 11.7. The summed E-state index contributed by atoms with van der Waals surface area (Å²) in [5, 5.41) is 13.9. The fourth-order valence-corrected chi connectivity index (χ4v) is 2.19. The predicted octanol–water partition coefficient (Wildman–Crippen LogP) is 0.811. The molecule has 136 valence electrons. The Morgan fingerprint density at radius 3 is 2.12 bits per heavy atom. The second-order valence-corrected chi connectivity index (χ2v) is 5.72. The maximum Gasteiger partial charge on any atom is 0.326 e. The van der Waals surface area contributed by atoms with Gasteiger partial charge >= 0.3 is 5.97 Å². The molecule has 0 heterocycles. The third-order valence-electron chi connectivity index (χ3n) is 3.45. The van der Waals surface area contributed by atoms with Crippen LogP contribution >= 0.6 is 0 Å². The number of hydrogen-bond donors (Lipinski definition) is 3. The highest BCUT2D eigenvalue weighted by molar-refractivity contribution is 5.90. The predicted molar refractivity (Wildman–Crippen MR) is 87.2 cm³/mol. The summed E-state index contributed by atoms with van der Waals surface area (Å²) in [4.78, 5) is 45.9. The zero-order chi connectivity index (χ0) is 19.0. The summed E-state index contributed by atoms with van der Waals surface area (Å²) in [6.07, 6.45) is 0.0461. The van der Waals surface area contributed by atoms with Crippen molar-refractivity contribution in [1.82, 2.24) is 10.6 Å². The molecule has 3 N–H and O–H groups in total. The van der Waals surface area contributed by atoms with Gasteiger partial charge in [0.25, 0.3) is 0 Å². The molecule has 0 aliphatic heterocycles. The lowest BCUT2D eigenvalue weighted by Crippen LogP contribution is -2.52. The number of amides is 2. The highest BCUT2D eigenvalue weighted by atomic mass is 19.1. The molecule has 0 unspecified atom stereocenters. The Balaban J connectivity index is 2.83. The maximum absolute atomic E-state index is 13.0. The Bertz CT molecular complexity index is 645. The molecule has 0 aromatic heterocycles. The van der Waals surface area contributed by atoms with Gasteiger partial charge in [0.15, 0.2) is 0 Å². The van der Waals surface area contributed by atoms with Gasteiger partial charge in [0.05, 0.1) is 0 Å². The van der Waals surface area contributed by atoms with Crippen molar-refractivity contribution >= 4 is 23.6 Å². The summed E-state index contributed by atoms with van der Waals surface area (Å²) < 4.78 is 13.0. The van der Waals surface area contributed by atoms with Crippen molar-refractivity contribution in [2.75, 3.05) is 0 Å². The molecular weight excluding hydrogens is 331 g/mol. The SMILES string of the molecule is CC(=O)CC[C@H](NC(=O)[C@@H](Cc1ccc(F)cc1)NC(C)=O)C(=O)O. The first kappa shape index (κ1) is 20.3. The smallest absolute Gasteiger partial charge is 0.326 e. The number of Topliss-reactive ketones (excluding diaryl/α,β-unsaturated/α-hetero) is 1. The highest BCUT2D eigenvalue weighted by Gasteiger charge is 2.26. The van der Waals surface area contributed by atoms with Crippen LogP contribution in [-0.2, 0) is 25.6 Å². The van der Waals surface area contributed by atoms with Crippen LogP contribution in [0.15, 0.2) is 24.3 Å². The van der Waals surface area contributed by atoms with Gasteiger partial charge in [-0.2, -0.15) is 0 Å². The Kier molecular flexibility index (Phi) is 7.71. The Hall–Kier alpha value is -2.77. The van der Waals surface area contributed by atoms with Crippen molar-refractivity contribution in [2.45, 2.75) is 45.2 Å². The second-order valence-electron chi connectivity index (χ2n) is 5.72. The monoisotopic (exact) mass is 352 g/mol. The van der Waals surface area contributed by atoms with Crippen molar-refractivity contribution in [2.24, 2.45) is 0 Å². The van der Waals surface area contributed by atoms with E-state index in [-0.39, 0.29) is 25.0 Å². The normalized spacial score (nSPS) is 12.8. The molecule has 0 radical (unpaired) electrons. The zero-order valence-electron chi connectivity index (χ0n) is 14.0. The Labute approximate surface area is 144 Å². The lowest BCUT2D eigenvalue weighted by molar-refractivity contribution is -0.142. The third-order valence-corrected chi connectivity index (χ3v) is 3.45. The van der Waals surface area contributed by atoms with Gasteiger partial charge in [0, 0.05) is 19.8 Å². The molecule has 2 atom stereocenters. The molecule has 0 spiro atoms. The molecule has 0 bridgehead atoms. The van der Waals surface area contributed by atoms with Gasteiger partial charge < -0.3 is 20.5 Å². The fourth-order valence-electron chi connectivity index (χ4n) is 2.19. The van der Waals surface area contributed by atoms with Gasteiger partial charge in [-0.25, -0.2) is 9.18 Å². The number of carbonyl (C=O) groups excluding carboxylic acids is 3. The minimum absolute atomic E-state index is 0.0139. The van der Waals surface area contributed by atoms with Crippen LogP contribution in [0.25, 0.3) is 0 Å². The van der Waals surface area contributed by atoms with Gasteiger partial charge in [0.2, 0.25) is 11.8 Å². The lowest BCUT2D eigenvalue weighted by Gasteiger charge is -2.21. The lowest BCUT2D eigenvalue weighted by atomic mass is 10.0. The molecule has 2 amide bonds. The molecule has 0 fully saturated rings. The summed E-state index contributed by atoms with van der Waals surface area (Å²) >= 11 is 0. The Morgan fingerprint density at radius 2 is 1.64 bits per heavy atom. The van der Waals surface area contributed by atoms with Crippen LogP contribution in [0.2, 0.25) is 0 Å². The van der Waals surface area contributed by atoms with E-state index < -0.39 is 35.7 Å². The number of nitrogens with one attached hydrogen (secondary N) is 2. The Morgan fingerprint density at radius 1 is 1.04 bits per heavy atom. The molecule has 1 rings (SSSR count). The number of carboxylic acid groups (broad SMARTS) is 1. The van der Waals surface area contributed by atoms with Crippen LogP contribution in [0.5, 0.6) is 0 Å². The van der Waals surface area contributed by atoms with Crippen molar-refractivity contribution in [3.8, 4) is 0 Å². The minimum atomic E-state index is -1.27. The molecule has 8 heteroatoms. The van der Waals surface area contributed by atoms with E-state index in [1.807, 2.05) is 0 Å². The highest BCUT2D eigenvalue weighted by Crippen LogP contribution is 2.07. The summed E-state index contributed by atoms with van der Waals surface area (Å²) in [6.45, 7) is 2.56. The van der Waals surface area contributed by atoms with Gasteiger partial charge in [-0.05, 0) is 31.0 Å². The summed E-state index contributed by atoms with van der Waals surface area (Å²) in [6, 6.07) is 3.16. The van der Waals surface area contributed by atoms with Crippen molar-refractivity contribution in [1.29, 1.82) is 0 Å². The third kappa shape index (κ3) is 7.56. The molecule has 1 aromatic rings. The molecule has 0 aliphatic carbocycles. The number of hydrogen-bond acceptors (Lipinski definition) is 4. The number of aliphatic carboxylic acids is 1. The largest absolute Gasteiger partial charge is 0.480 e.